The summed E-state index contributed by atoms with van der Waals surface area (Å²) in [5.74, 6) is 3.36. The third-order valence-electron chi connectivity index (χ3n) is 13.0. The van der Waals surface area contributed by atoms with Crippen LogP contribution in [0.5, 0.6) is 0 Å². The summed E-state index contributed by atoms with van der Waals surface area (Å²) >= 11 is 0. The van der Waals surface area contributed by atoms with Gasteiger partial charge in [-0.2, -0.15) is 0 Å². The lowest BCUT2D eigenvalue weighted by Gasteiger charge is -2.70. The Labute approximate surface area is 196 Å². The van der Waals surface area contributed by atoms with Crippen molar-refractivity contribution in [1.29, 1.82) is 0 Å². The molecule has 0 aromatic heterocycles. The van der Waals surface area contributed by atoms with Crippen molar-refractivity contribution in [3.8, 4) is 0 Å². The molecule has 3 fully saturated rings. The van der Waals surface area contributed by atoms with Gasteiger partial charge in [-0.15, -0.1) is 0 Å². The summed E-state index contributed by atoms with van der Waals surface area (Å²) in [6.45, 7) is 22.1. The normalized spacial score (nSPS) is 46.9. The summed E-state index contributed by atoms with van der Waals surface area (Å²) in [6.07, 6.45) is 7.83. The van der Waals surface area contributed by atoms with Gasteiger partial charge in [-0.25, -0.2) is 0 Å². The highest BCUT2D eigenvalue weighted by Gasteiger charge is 2.67. The molecule has 1 heteroatoms. The second-order valence-electron chi connectivity index (χ2n) is 14.4. The molecule has 7 unspecified atom stereocenters. The third kappa shape index (κ3) is 2.08. The Morgan fingerprint density at radius 3 is 1.84 bits per heavy atom. The van der Waals surface area contributed by atoms with Crippen LogP contribution in [0.15, 0.2) is 33.4 Å². The second-order valence-corrected chi connectivity index (χ2v) is 14.4. The molecular weight excluding hydrogens is 388 g/mol. The van der Waals surface area contributed by atoms with Crippen LogP contribution in [-0.4, -0.2) is 6.29 Å². The van der Waals surface area contributed by atoms with Crippen molar-refractivity contribution < 1.29 is 4.79 Å². The van der Waals surface area contributed by atoms with Gasteiger partial charge in [-0.1, -0.05) is 75.0 Å². The molecule has 0 radical (unpaired) electrons. The molecule has 0 aromatic carbocycles. The van der Waals surface area contributed by atoms with Crippen molar-refractivity contribution in [2.24, 2.45) is 57.2 Å². The molecule has 0 aliphatic heterocycles. The third-order valence-corrected chi connectivity index (χ3v) is 13.0. The molecule has 9 rings (SSSR count). The van der Waals surface area contributed by atoms with Crippen molar-refractivity contribution in [1.82, 2.24) is 0 Å². The van der Waals surface area contributed by atoms with Crippen LogP contribution in [0, 0.1) is 57.2 Å². The zero-order chi connectivity index (χ0) is 23.2. The van der Waals surface area contributed by atoms with Crippen LogP contribution in [0.25, 0.3) is 0 Å². The zero-order valence-electron chi connectivity index (χ0n) is 22.0. The molecule has 1 nitrogen and oxygen atoms in total. The molecule has 0 spiro atoms. The number of rotatable bonds is 3. The van der Waals surface area contributed by atoms with Crippen molar-refractivity contribution in [3.05, 3.63) is 33.4 Å². The average Bonchev–Trinajstić information content (AvgIpc) is 2.72. The molecule has 3 saturated carbocycles. The first kappa shape index (κ1) is 21.4. The van der Waals surface area contributed by atoms with Gasteiger partial charge in [0.1, 0.15) is 6.29 Å². The van der Waals surface area contributed by atoms with Gasteiger partial charge in [-0.05, 0) is 98.7 Å². The predicted molar refractivity (Wildman–Crippen MR) is 132 cm³/mol. The number of fused-ring (bicyclic) bond motifs is 8. The summed E-state index contributed by atoms with van der Waals surface area (Å²) in [5, 5.41) is 0. The molecule has 174 valence electrons. The highest BCUT2D eigenvalue weighted by molar-refractivity contribution is 5.62. The first-order valence-corrected chi connectivity index (χ1v) is 13.4. The molecule has 0 N–H and O–H groups in total. The summed E-state index contributed by atoms with van der Waals surface area (Å²) in [5.41, 5.74) is 11.3. The fraction of sp³-hybridized carbons (Fsp3) is 0.774. The number of hydrogen-bond acceptors (Lipinski definition) is 1. The number of aldehydes is 1. The maximum Gasteiger partial charge on any atom is 0.124 e. The number of allylic oxidation sites excluding steroid dienone is 6. The van der Waals surface area contributed by atoms with E-state index in [0.29, 0.717) is 28.6 Å². The molecule has 0 aromatic rings. The van der Waals surface area contributed by atoms with Crippen LogP contribution in [0.2, 0.25) is 0 Å². The maximum absolute atomic E-state index is 12.8. The smallest absolute Gasteiger partial charge is 0.124 e. The molecular formula is C31H44O. The Kier molecular flexibility index (Phi) is 3.97. The molecule has 32 heavy (non-hydrogen) atoms. The first-order chi connectivity index (χ1) is 14.8. The summed E-state index contributed by atoms with van der Waals surface area (Å²) in [7, 11) is 0. The van der Waals surface area contributed by atoms with Crippen LogP contribution in [0.3, 0.4) is 0 Å². The minimum atomic E-state index is 0.161. The van der Waals surface area contributed by atoms with E-state index in [0.717, 1.165) is 11.8 Å². The van der Waals surface area contributed by atoms with Gasteiger partial charge in [0.15, 0.2) is 0 Å². The van der Waals surface area contributed by atoms with Crippen LogP contribution in [-0.2, 0) is 4.79 Å². The summed E-state index contributed by atoms with van der Waals surface area (Å²) in [6, 6.07) is 0. The SMILES string of the molecule is CC1=C2CC(CC1C1(C3C(C)=C4CC(C3C=O)C4(C)C)CC3CC(=C1C)C3(C)C)C2(C)C. The van der Waals surface area contributed by atoms with Gasteiger partial charge in [-0.3, -0.25) is 0 Å². The van der Waals surface area contributed by atoms with Gasteiger partial charge in [0, 0.05) is 11.3 Å². The highest BCUT2D eigenvalue weighted by Crippen LogP contribution is 2.76. The van der Waals surface area contributed by atoms with Gasteiger partial charge < -0.3 is 4.79 Å². The van der Waals surface area contributed by atoms with E-state index in [1.807, 2.05) is 0 Å². The number of carbonyl (C=O) groups is 1. The summed E-state index contributed by atoms with van der Waals surface area (Å²) < 4.78 is 0. The van der Waals surface area contributed by atoms with Gasteiger partial charge in [0.2, 0.25) is 0 Å². The standard InChI is InChI=1S/C31H44O/c1-16-22-10-19(28(22,4)5)11-24(16)31(14-20-12-25(18(31)3)29(20,6)7)27-17(2)23-13-26(21(27)15-32)30(23,8)9/h15,19-21,24,26-27H,10-14H2,1-9H3. The lowest BCUT2D eigenvalue weighted by molar-refractivity contribution is -0.126. The molecule has 6 bridgehead atoms. The second kappa shape index (κ2) is 5.92. The van der Waals surface area contributed by atoms with E-state index < -0.39 is 0 Å². The van der Waals surface area contributed by atoms with Gasteiger partial charge in [0.25, 0.3) is 0 Å². The lowest BCUT2D eigenvalue weighted by Crippen LogP contribution is -2.62. The first-order valence-electron chi connectivity index (χ1n) is 13.4. The molecule has 0 heterocycles. The molecule has 9 aliphatic carbocycles. The molecule has 7 atom stereocenters. The largest absolute Gasteiger partial charge is 0.303 e. The van der Waals surface area contributed by atoms with E-state index >= 15 is 0 Å². The fourth-order valence-corrected chi connectivity index (χ4v) is 10.6. The van der Waals surface area contributed by atoms with Crippen LogP contribution in [0.1, 0.15) is 94.4 Å². The van der Waals surface area contributed by atoms with Crippen molar-refractivity contribution in [3.63, 3.8) is 0 Å². The van der Waals surface area contributed by atoms with E-state index in [4.69, 9.17) is 0 Å². The Hall–Kier alpha value is -1.11. The molecule has 0 amide bonds. The fourth-order valence-electron chi connectivity index (χ4n) is 10.6. The van der Waals surface area contributed by atoms with Crippen molar-refractivity contribution >= 4 is 6.29 Å². The van der Waals surface area contributed by atoms with Crippen LogP contribution < -0.4 is 0 Å². The van der Waals surface area contributed by atoms with E-state index in [1.54, 1.807) is 33.4 Å². The monoisotopic (exact) mass is 432 g/mol. The van der Waals surface area contributed by atoms with Crippen molar-refractivity contribution in [2.45, 2.75) is 94.4 Å². The average molecular weight is 433 g/mol. The quantitative estimate of drug-likeness (QED) is 0.327. The minimum absolute atomic E-state index is 0.161. The van der Waals surface area contributed by atoms with E-state index in [2.05, 4.69) is 62.3 Å². The summed E-state index contributed by atoms with van der Waals surface area (Å²) in [4.78, 5) is 12.8. The zero-order valence-corrected chi connectivity index (χ0v) is 22.0. The molecule has 9 aliphatic rings. The Morgan fingerprint density at radius 2 is 1.34 bits per heavy atom. The van der Waals surface area contributed by atoms with Gasteiger partial charge >= 0.3 is 0 Å². The Bertz CT molecular complexity index is 1030. The number of hydrogen-bond donors (Lipinski definition) is 0. The van der Waals surface area contributed by atoms with Gasteiger partial charge in [0.05, 0.1) is 0 Å². The maximum atomic E-state index is 12.8. The lowest BCUT2D eigenvalue weighted by atomic mass is 9.34. The number of carbonyl (C=O) groups excluding carboxylic acids is 1. The molecule has 0 saturated heterocycles. The van der Waals surface area contributed by atoms with E-state index in [1.165, 1.54) is 38.4 Å². The predicted octanol–water partition coefficient (Wildman–Crippen LogP) is 7.93. The minimum Gasteiger partial charge on any atom is -0.303 e. The topological polar surface area (TPSA) is 17.1 Å². The van der Waals surface area contributed by atoms with Crippen molar-refractivity contribution in [2.75, 3.05) is 0 Å². The Balaban J connectivity index is 1.59. The van der Waals surface area contributed by atoms with E-state index in [9.17, 15) is 4.79 Å². The highest BCUT2D eigenvalue weighted by atomic mass is 16.1. The van der Waals surface area contributed by atoms with Crippen LogP contribution in [0.4, 0.5) is 0 Å². The Morgan fingerprint density at radius 1 is 0.750 bits per heavy atom. The van der Waals surface area contributed by atoms with Crippen LogP contribution >= 0.6 is 0 Å². The van der Waals surface area contributed by atoms with E-state index in [-0.39, 0.29) is 16.7 Å².